The summed E-state index contributed by atoms with van der Waals surface area (Å²) in [5.41, 5.74) is 0.387. The van der Waals surface area contributed by atoms with Gasteiger partial charge in [-0.1, -0.05) is 6.07 Å². The van der Waals surface area contributed by atoms with Gasteiger partial charge in [-0.15, -0.1) is 0 Å². The summed E-state index contributed by atoms with van der Waals surface area (Å²) in [5, 5.41) is 13.4. The molecule has 0 atom stereocenters. The number of hydrogen-bond acceptors (Lipinski definition) is 5. The Labute approximate surface area is 148 Å². The van der Waals surface area contributed by atoms with Crippen molar-refractivity contribution in [3.63, 3.8) is 0 Å². The Morgan fingerprint density at radius 2 is 2.04 bits per heavy atom. The first-order valence-electron chi connectivity index (χ1n) is 7.99. The van der Waals surface area contributed by atoms with Crippen molar-refractivity contribution in [1.29, 1.82) is 0 Å². The summed E-state index contributed by atoms with van der Waals surface area (Å²) >= 11 is 0. The van der Waals surface area contributed by atoms with Crippen LogP contribution in [0.4, 0.5) is 17.1 Å². The van der Waals surface area contributed by atoms with Crippen LogP contribution in [0.25, 0.3) is 0 Å². The van der Waals surface area contributed by atoms with Crippen molar-refractivity contribution in [3.8, 4) is 0 Å². The topological polar surface area (TPSA) is 115 Å². The molecule has 9 nitrogen and oxygen atoms in total. The molecule has 0 bridgehead atoms. The van der Waals surface area contributed by atoms with Crippen LogP contribution in [-0.4, -0.2) is 27.8 Å². The fraction of sp³-hybridized carbons (Fsp3) is 0.235. The highest BCUT2D eigenvalue weighted by molar-refractivity contribution is 5.97. The minimum Gasteiger partial charge on any atom is -0.324 e. The molecule has 134 valence electrons. The number of carbonyl (C=O) groups excluding carboxylic acids is 2. The molecule has 1 fully saturated rings. The van der Waals surface area contributed by atoms with Gasteiger partial charge < -0.3 is 10.2 Å². The normalized spacial score (nSPS) is 13.7. The third-order valence-corrected chi connectivity index (χ3v) is 4.01. The van der Waals surface area contributed by atoms with Gasteiger partial charge in [0.2, 0.25) is 11.8 Å². The van der Waals surface area contributed by atoms with Gasteiger partial charge in [-0.3, -0.25) is 29.1 Å². The number of rotatable bonds is 5. The lowest BCUT2D eigenvalue weighted by Gasteiger charge is -2.16. The summed E-state index contributed by atoms with van der Waals surface area (Å²) in [6.07, 6.45) is 2.33. The maximum absolute atomic E-state index is 12.2. The van der Waals surface area contributed by atoms with Crippen molar-refractivity contribution in [2.45, 2.75) is 19.4 Å². The van der Waals surface area contributed by atoms with E-state index in [9.17, 15) is 24.5 Å². The molecule has 26 heavy (non-hydrogen) atoms. The van der Waals surface area contributed by atoms with Gasteiger partial charge in [0, 0.05) is 36.5 Å². The zero-order valence-electron chi connectivity index (χ0n) is 13.8. The minimum absolute atomic E-state index is 0.0385. The Balaban J connectivity index is 1.73. The monoisotopic (exact) mass is 356 g/mol. The number of carbonyl (C=O) groups is 2. The maximum atomic E-state index is 12.2. The van der Waals surface area contributed by atoms with Gasteiger partial charge in [-0.05, 0) is 24.6 Å². The van der Waals surface area contributed by atoms with Gasteiger partial charge in [0.15, 0.2) is 0 Å². The number of pyridine rings is 1. The van der Waals surface area contributed by atoms with Crippen LogP contribution < -0.4 is 15.8 Å². The van der Waals surface area contributed by atoms with Crippen LogP contribution in [0.2, 0.25) is 0 Å². The number of amides is 2. The predicted molar refractivity (Wildman–Crippen MR) is 94.0 cm³/mol. The lowest BCUT2D eigenvalue weighted by molar-refractivity contribution is -0.385. The van der Waals surface area contributed by atoms with E-state index in [1.54, 1.807) is 29.2 Å². The molecule has 0 spiro atoms. The number of aromatic nitrogens is 1. The van der Waals surface area contributed by atoms with E-state index in [1.807, 2.05) is 0 Å². The molecule has 0 radical (unpaired) electrons. The smallest absolute Gasteiger partial charge is 0.285 e. The minimum atomic E-state index is -0.635. The standard InChI is InChI=1S/C17H16N4O5/c22-15(11-19-10-14(21(25)26)6-7-16(19)23)18-12-3-1-4-13(9-12)20-8-2-5-17(20)24/h1,3-4,6-7,9-10H,2,5,8,11H2,(H,18,22). The zero-order valence-corrected chi connectivity index (χ0v) is 13.8. The number of nitrogens with zero attached hydrogens (tertiary/aromatic N) is 3. The van der Waals surface area contributed by atoms with Crippen LogP contribution >= 0.6 is 0 Å². The molecule has 1 aliphatic rings. The van der Waals surface area contributed by atoms with Gasteiger partial charge >= 0.3 is 0 Å². The summed E-state index contributed by atoms with van der Waals surface area (Å²) in [6.45, 7) is 0.284. The summed E-state index contributed by atoms with van der Waals surface area (Å²) in [6, 6.07) is 8.98. The third kappa shape index (κ3) is 3.77. The van der Waals surface area contributed by atoms with Gasteiger partial charge in [0.25, 0.3) is 11.2 Å². The quantitative estimate of drug-likeness (QED) is 0.644. The second-order valence-electron chi connectivity index (χ2n) is 5.86. The Morgan fingerprint density at radius 1 is 1.23 bits per heavy atom. The van der Waals surface area contributed by atoms with E-state index >= 15 is 0 Å². The molecule has 1 saturated heterocycles. The molecule has 1 N–H and O–H groups in total. The van der Waals surface area contributed by atoms with E-state index in [1.165, 1.54) is 0 Å². The Hall–Kier alpha value is -3.49. The fourth-order valence-corrected chi connectivity index (χ4v) is 2.78. The first-order chi connectivity index (χ1) is 12.4. The zero-order chi connectivity index (χ0) is 18.7. The number of benzene rings is 1. The SMILES string of the molecule is O=C(Cn1cc([N+](=O)[O-])ccc1=O)Nc1cccc(N2CCCC2=O)c1. The van der Waals surface area contributed by atoms with Crippen molar-refractivity contribution < 1.29 is 14.5 Å². The third-order valence-electron chi connectivity index (χ3n) is 4.01. The van der Waals surface area contributed by atoms with Crippen molar-refractivity contribution in [1.82, 2.24) is 4.57 Å². The van der Waals surface area contributed by atoms with E-state index in [4.69, 9.17) is 0 Å². The molecule has 0 saturated carbocycles. The van der Waals surface area contributed by atoms with Crippen LogP contribution in [0.3, 0.4) is 0 Å². The summed E-state index contributed by atoms with van der Waals surface area (Å²) in [5.74, 6) is -0.464. The fourth-order valence-electron chi connectivity index (χ4n) is 2.78. The largest absolute Gasteiger partial charge is 0.324 e. The molecular weight excluding hydrogens is 340 g/mol. The summed E-state index contributed by atoms with van der Waals surface area (Å²) in [4.78, 5) is 47.6. The van der Waals surface area contributed by atoms with E-state index in [2.05, 4.69) is 5.32 Å². The molecular formula is C17H16N4O5. The molecule has 9 heteroatoms. The molecule has 2 aromatic rings. The number of anilines is 2. The van der Waals surface area contributed by atoms with Crippen LogP contribution in [-0.2, 0) is 16.1 Å². The molecule has 1 aromatic carbocycles. The lowest BCUT2D eigenvalue weighted by atomic mass is 10.2. The van der Waals surface area contributed by atoms with E-state index in [-0.39, 0.29) is 18.1 Å². The van der Waals surface area contributed by atoms with Crippen molar-refractivity contribution in [2.24, 2.45) is 0 Å². The molecule has 2 heterocycles. The van der Waals surface area contributed by atoms with Crippen LogP contribution in [0.5, 0.6) is 0 Å². The second kappa shape index (κ2) is 7.18. The van der Waals surface area contributed by atoms with E-state index < -0.39 is 16.4 Å². The maximum Gasteiger partial charge on any atom is 0.285 e. The van der Waals surface area contributed by atoms with Gasteiger partial charge in [-0.2, -0.15) is 0 Å². The predicted octanol–water partition coefficient (Wildman–Crippen LogP) is 1.52. The molecule has 0 aliphatic carbocycles. The second-order valence-corrected chi connectivity index (χ2v) is 5.86. The molecule has 1 aliphatic heterocycles. The molecule has 1 aromatic heterocycles. The molecule has 0 unspecified atom stereocenters. The van der Waals surface area contributed by atoms with Gasteiger partial charge in [0.05, 0.1) is 11.1 Å². The Morgan fingerprint density at radius 3 is 2.73 bits per heavy atom. The van der Waals surface area contributed by atoms with Crippen molar-refractivity contribution in [2.75, 3.05) is 16.8 Å². The lowest BCUT2D eigenvalue weighted by Crippen LogP contribution is -2.27. The first kappa shape index (κ1) is 17.3. The highest BCUT2D eigenvalue weighted by Crippen LogP contribution is 2.24. The number of nitrogens with one attached hydrogen (secondary N) is 1. The molecule has 3 rings (SSSR count). The number of nitro groups is 1. The van der Waals surface area contributed by atoms with Gasteiger partial charge in [0.1, 0.15) is 6.54 Å². The van der Waals surface area contributed by atoms with Crippen LogP contribution in [0.1, 0.15) is 12.8 Å². The van der Waals surface area contributed by atoms with Crippen molar-refractivity contribution >= 4 is 28.9 Å². The van der Waals surface area contributed by atoms with Crippen LogP contribution in [0, 0.1) is 10.1 Å². The highest BCUT2D eigenvalue weighted by Gasteiger charge is 2.21. The Bertz CT molecular complexity index is 937. The average molecular weight is 356 g/mol. The summed E-state index contributed by atoms with van der Waals surface area (Å²) in [7, 11) is 0. The summed E-state index contributed by atoms with van der Waals surface area (Å²) < 4.78 is 0.974. The van der Waals surface area contributed by atoms with Crippen LogP contribution in [0.15, 0.2) is 47.4 Å². The van der Waals surface area contributed by atoms with Crippen molar-refractivity contribution in [3.05, 3.63) is 63.1 Å². The number of hydrogen-bond donors (Lipinski definition) is 1. The highest BCUT2D eigenvalue weighted by atomic mass is 16.6. The van der Waals surface area contributed by atoms with E-state index in [0.29, 0.717) is 24.3 Å². The van der Waals surface area contributed by atoms with Gasteiger partial charge in [-0.25, -0.2) is 0 Å². The molecule has 2 amide bonds. The first-order valence-corrected chi connectivity index (χ1v) is 7.99. The average Bonchev–Trinajstić information content (AvgIpc) is 3.03. The van der Waals surface area contributed by atoms with E-state index in [0.717, 1.165) is 29.3 Å². The Kier molecular flexibility index (Phi) is 4.78.